The fourth-order valence-corrected chi connectivity index (χ4v) is 2.32. The van der Waals surface area contributed by atoms with Crippen LogP contribution in [-0.4, -0.2) is 23.4 Å². The van der Waals surface area contributed by atoms with Gasteiger partial charge >= 0.3 is 0 Å². The van der Waals surface area contributed by atoms with Gasteiger partial charge in [-0.1, -0.05) is 57.0 Å². The van der Waals surface area contributed by atoms with Gasteiger partial charge in [0.05, 0.1) is 13.2 Å². The van der Waals surface area contributed by atoms with E-state index in [1.54, 1.807) is 0 Å². The Bertz CT molecular complexity index is 315. The van der Waals surface area contributed by atoms with Gasteiger partial charge < -0.3 is 10.2 Å². The van der Waals surface area contributed by atoms with Crippen LogP contribution < -0.4 is 0 Å². The van der Waals surface area contributed by atoms with Crippen LogP contribution in [-0.2, 0) is 6.42 Å². The molecule has 2 N–H and O–H groups in total. The lowest BCUT2D eigenvalue weighted by molar-refractivity contribution is 0.0444. The van der Waals surface area contributed by atoms with Crippen molar-refractivity contribution in [1.82, 2.24) is 0 Å². The van der Waals surface area contributed by atoms with Gasteiger partial charge in [-0.3, -0.25) is 0 Å². The average Bonchev–Trinajstić information content (AvgIpc) is 2.38. The Morgan fingerprint density at radius 3 is 2.17 bits per heavy atom. The van der Waals surface area contributed by atoms with E-state index >= 15 is 0 Å². The molecule has 0 bridgehead atoms. The molecule has 2 nitrogen and oxygen atoms in total. The molecular weight excluding hydrogens is 224 g/mol. The summed E-state index contributed by atoms with van der Waals surface area (Å²) < 4.78 is 0. The van der Waals surface area contributed by atoms with Crippen molar-refractivity contribution < 1.29 is 10.2 Å². The van der Waals surface area contributed by atoms with Crippen LogP contribution in [0.2, 0.25) is 0 Å². The summed E-state index contributed by atoms with van der Waals surface area (Å²) in [6.45, 7) is 4.51. The lowest BCUT2D eigenvalue weighted by Gasteiger charge is -2.30. The van der Waals surface area contributed by atoms with Crippen LogP contribution in [0.25, 0.3) is 0 Å². The summed E-state index contributed by atoms with van der Waals surface area (Å²) >= 11 is 0. The van der Waals surface area contributed by atoms with Crippen LogP contribution in [0, 0.1) is 11.3 Å². The van der Waals surface area contributed by atoms with E-state index in [0.29, 0.717) is 5.92 Å². The van der Waals surface area contributed by atoms with E-state index in [1.807, 2.05) is 18.2 Å². The van der Waals surface area contributed by atoms with Gasteiger partial charge in [0.1, 0.15) is 0 Å². The molecule has 1 aromatic rings. The van der Waals surface area contributed by atoms with Gasteiger partial charge in [-0.15, -0.1) is 0 Å². The maximum Gasteiger partial charge on any atom is 0.0512 e. The van der Waals surface area contributed by atoms with E-state index in [0.717, 1.165) is 25.7 Å². The van der Waals surface area contributed by atoms with Crippen LogP contribution in [0.15, 0.2) is 30.3 Å². The Morgan fingerprint density at radius 1 is 1.06 bits per heavy atom. The third kappa shape index (κ3) is 4.79. The molecule has 0 aliphatic carbocycles. The Hall–Kier alpha value is -0.860. The molecule has 0 saturated carbocycles. The molecule has 0 aliphatic heterocycles. The zero-order chi connectivity index (χ0) is 13.4. The monoisotopic (exact) mass is 250 g/mol. The van der Waals surface area contributed by atoms with Gasteiger partial charge in [-0.2, -0.15) is 0 Å². The summed E-state index contributed by atoms with van der Waals surface area (Å²) in [5, 5.41) is 19.3. The molecule has 0 fully saturated rings. The van der Waals surface area contributed by atoms with Crippen molar-refractivity contribution in [1.29, 1.82) is 0 Å². The van der Waals surface area contributed by atoms with Crippen molar-refractivity contribution in [2.75, 3.05) is 13.2 Å². The van der Waals surface area contributed by atoms with E-state index in [1.165, 1.54) is 5.56 Å². The number of aliphatic hydroxyl groups is 2. The Morgan fingerprint density at radius 2 is 1.67 bits per heavy atom. The smallest absolute Gasteiger partial charge is 0.0512 e. The summed E-state index contributed by atoms with van der Waals surface area (Å²) in [6.07, 6.45) is 3.84. The number of rotatable bonds is 8. The number of hydrogen-bond acceptors (Lipinski definition) is 2. The number of hydrogen-bond donors (Lipinski definition) is 2. The van der Waals surface area contributed by atoms with E-state index in [-0.39, 0.29) is 18.6 Å². The zero-order valence-electron chi connectivity index (χ0n) is 11.6. The Labute approximate surface area is 111 Å². The first-order valence-electron chi connectivity index (χ1n) is 6.87. The van der Waals surface area contributed by atoms with Crippen molar-refractivity contribution in [3.05, 3.63) is 35.9 Å². The van der Waals surface area contributed by atoms with Gasteiger partial charge in [0, 0.05) is 5.41 Å². The molecule has 0 spiro atoms. The van der Waals surface area contributed by atoms with Crippen molar-refractivity contribution in [2.45, 2.75) is 39.5 Å². The van der Waals surface area contributed by atoms with E-state index < -0.39 is 0 Å². The standard InChI is InChI=1S/C16H26O2/c1-14(2)7-6-10-16(12-17,13-18)11-15-8-4-3-5-9-15/h3-5,8-9,14,17-18H,6-7,10-13H2,1-2H3. The molecule has 2 heteroatoms. The second-order valence-corrected chi connectivity index (χ2v) is 5.76. The van der Waals surface area contributed by atoms with Crippen molar-refractivity contribution in [3.8, 4) is 0 Å². The lowest BCUT2D eigenvalue weighted by Crippen LogP contribution is -2.32. The zero-order valence-corrected chi connectivity index (χ0v) is 11.6. The minimum atomic E-state index is -0.365. The first-order valence-corrected chi connectivity index (χ1v) is 6.87. The number of benzene rings is 1. The minimum Gasteiger partial charge on any atom is -0.396 e. The predicted octanol–water partition coefficient (Wildman–Crippen LogP) is 3.03. The fraction of sp³-hybridized carbons (Fsp3) is 0.625. The molecule has 1 rings (SSSR count). The SMILES string of the molecule is CC(C)CCCC(CO)(CO)Cc1ccccc1. The molecule has 0 atom stereocenters. The highest BCUT2D eigenvalue weighted by Gasteiger charge is 2.28. The third-order valence-corrected chi connectivity index (χ3v) is 3.58. The molecular formula is C16H26O2. The molecule has 18 heavy (non-hydrogen) atoms. The molecule has 0 unspecified atom stereocenters. The summed E-state index contributed by atoms with van der Waals surface area (Å²) in [4.78, 5) is 0. The predicted molar refractivity (Wildman–Crippen MR) is 75.4 cm³/mol. The summed E-state index contributed by atoms with van der Waals surface area (Å²) in [7, 11) is 0. The van der Waals surface area contributed by atoms with Gasteiger partial charge in [-0.05, 0) is 24.3 Å². The van der Waals surface area contributed by atoms with Crippen LogP contribution in [0.1, 0.15) is 38.7 Å². The molecule has 0 saturated heterocycles. The van der Waals surface area contributed by atoms with E-state index in [4.69, 9.17) is 0 Å². The Kier molecular flexibility index (Phi) is 6.37. The van der Waals surface area contributed by atoms with Crippen LogP contribution in [0.3, 0.4) is 0 Å². The Balaban J connectivity index is 2.62. The largest absolute Gasteiger partial charge is 0.396 e. The third-order valence-electron chi connectivity index (χ3n) is 3.58. The lowest BCUT2D eigenvalue weighted by atomic mass is 9.78. The van der Waals surface area contributed by atoms with Crippen molar-refractivity contribution >= 4 is 0 Å². The molecule has 0 radical (unpaired) electrons. The van der Waals surface area contributed by atoms with Crippen LogP contribution in [0.5, 0.6) is 0 Å². The highest BCUT2D eigenvalue weighted by molar-refractivity contribution is 5.16. The fourth-order valence-electron chi connectivity index (χ4n) is 2.32. The second-order valence-electron chi connectivity index (χ2n) is 5.76. The van der Waals surface area contributed by atoms with Gasteiger partial charge in [0.25, 0.3) is 0 Å². The first kappa shape index (κ1) is 15.2. The maximum absolute atomic E-state index is 9.64. The molecule has 0 aliphatic rings. The van der Waals surface area contributed by atoms with Gasteiger partial charge in [-0.25, -0.2) is 0 Å². The average molecular weight is 250 g/mol. The quantitative estimate of drug-likeness (QED) is 0.744. The molecule has 1 aromatic carbocycles. The van der Waals surface area contributed by atoms with Gasteiger partial charge in [0.2, 0.25) is 0 Å². The van der Waals surface area contributed by atoms with Crippen LogP contribution in [0.4, 0.5) is 0 Å². The van der Waals surface area contributed by atoms with E-state index in [2.05, 4.69) is 26.0 Å². The van der Waals surface area contributed by atoms with Crippen molar-refractivity contribution in [3.63, 3.8) is 0 Å². The van der Waals surface area contributed by atoms with Gasteiger partial charge in [0.15, 0.2) is 0 Å². The first-order chi connectivity index (χ1) is 8.62. The molecule has 0 heterocycles. The topological polar surface area (TPSA) is 40.5 Å². The molecule has 0 aromatic heterocycles. The number of aliphatic hydroxyl groups excluding tert-OH is 2. The normalized spacial score (nSPS) is 12.1. The summed E-state index contributed by atoms with van der Waals surface area (Å²) in [6, 6.07) is 10.1. The second kappa shape index (κ2) is 7.55. The van der Waals surface area contributed by atoms with Crippen LogP contribution >= 0.6 is 0 Å². The summed E-state index contributed by atoms with van der Waals surface area (Å²) in [5.74, 6) is 0.678. The molecule has 0 amide bonds. The molecule has 102 valence electrons. The highest BCUT2D eigenvalue weighted by atomic mass is 16.3. The van der Waals surface area contributed by atoms with E-state index in [9.17, 15) is 10.2 Å². The highest BCUT2D eigenvalue weighted by Crippen LogP contribution is 2.29. The van der Waals surface area contributed by atoms with Crippen molar-refractivity contribution in [2.24, 2.45) is 11.3 Å². The minimum absolute atomic E-state index is 0.0521. The summed E-state index contributed by atoms with van der Waals surface area (Å²) in [5.41, 5.74) is 0.820. The maximum atomic E-state index is 9.64.